The Morgan fingerprint density at radius 2 is 1.81 bits per heavy atom. The van der Waals surface area contributed by atoms with Crippen LogP contribution in [-0.2, 0) is 9.59 Å². The van der Waals surface area contributed by atoms with E-state index in [0.29, 0.717) is 23.7 Å². The molecule has 1 aliphatic heterocycles. The first kappa shape index (κ1) is 18.8. The third-order valence-electron chi connectivity index (χ3n) is 4.83. The van der Waals surface area contributed by atoms with E-state index in [4.69, 9.17) is 9.47 Å². The van der Waals surface area contributed by atoms with Crippen molar-refractivity contribution in [2.75, 3.05) is 31.0 Å². The number of hydrogen-bond donors (Lipinski definition) is 1. The summed E-state index contributed by atoms with van der Waals surface area (Å²) in [5.74, 6) is 0.525. The lowest BCUT2D eigenvalue weighted by Gasteiger charge is -2.19. The second-order valence-electron chi connectivity index (χ2n) is 6.75. The summed E-state index contributed by atoms with van der Waals surface area (Å²) >= 11 is 0. The number of rotatable bonds is 5. The number of methoxy groups -OCH3 is 2. The lowest BCUT2D eigenvalue weighted by atomic mass is 10.1. The monoisotopic (exact) mass is 368 g/mol. The smallest absolute Gasteiger partial charge is 0.229 e. The van der Waals surface area contributed by atoms with Crippen LogP contribution in [0, 0.1) is 19.8 Å². The van der Waals surface area contributed by atoms with Crippen molar-refractivity contribution < 1.29 is 19.1 Å². The van der Waals surface area contributed by atoms with Gasteiger partial charge in [-0.15, -0.1) is 0 Å². The van der Waals surface area contributed by atoms with Gasteiger partial charge in [0.2, 0.25) is 11.8 Å². The molecule has 0 bridgehead atoms. The van der Waals surface area contributed by atoms with Crippen LogP contribution in [0.25, 0.3) is 0 Å². The molecule has 27 heavy (non-hydrogen) atoms. The highest BCUT2D eigenvalue weighted by molar-refractivity contribution is 6.03. The quantitative estimate of drug-likeness (QED) is 0.879. The third-order valence-corrected chi connectivity index (χ3v) is 4.83. The molecule has 1 saturated heterocycles. The van der Waals surface area contributed by atoms with Crippen LogP contribution in [0.2, 0.25) is 0 Å². The van der Waals surface area contributed by atoms with Gasteiger partial charge in [-0.2, -0.15) is 0 Å². The van der Waals surface area contributed by atoms with E-state index in [1.807, 2.05) is 32.0 Å². The number of ether oxygens (including phenoxy) is 2. The molecule has 142 valence electrons. The number of carbonyl (C=O) groups excluding carboxylic acids is 2. The van der Waals surface area contributed by atoms with E-state index >= 15 is 0 Å². The van der Waals surface area contributed by atoms with Gasteiger partial charge in [0.15, 0.2) is 11.5 Å². The molecule has 6 nitrogen and oxygen atoms in total. The Morgan fingerprint density at radius 1 is 1.07 bits per heavy atom. The first-order valence-corrected chi connectivity index (χ1v) is 8.83. The number of nitrogens with zero attached hydrogens (tertiary/aromatic N) is 1. The van der Waals surface area contributed by atoms with Gasteiger partial charge < -0.3 is 19.7 Å². The van der Waals surface area contributed by atoms with Crippen molar-refractivity contribution in [1.29, 1.82) is 0 Å². The van der Waals surface area contributed by atoms with E-state index in [-0.39, 0.29) is 18.2 Å². The van der Waals surface area contributed by atoms with Crippen molar-refractivity contribution in [1.82, 2.24) is 0 Å². The fourth-order valence-corrected chi connectivity index (χ4v) is 3.23. The summed E-state index contributed by atoms with van der Waals surface area (Å²) < 4.78 is 10.5. The van der Waals surface area contributed by atoms with E-state index in [2.05, 4.69) is 5.32 Å². The molecule has 0 aliphatic carbocycles. The molecule has 1 unspecified atom stereocenters. The van der Waals surface area contributed by atoms with Crippen LogP contribution in [0.15, 0.2) is 36.4 Å². The van der Waals surface area contributed by atoms with Gasteiger partial charge in [0.25, 0.3) is 0 Å². The largest absolute Gasteiger partial charge is 0.493 e. The van der Waals surface area contributed by atoms with Crippen molar-refractivity contribution in [3.8, 4) is 11.5 Å². The molecular formula is C21H24N2O4. The van der Waals surface area contributed by atoms with Crippen LogP contribution in [0.1, 0.15) is 17.5 Å². The molecule has 0 radical (unpaired) electrons. The van der Waals surface area contributed by atoms with Crippen molar-refractivity contribution in [2.45, 2.75) is 20.3 Å². The highest BCUT2D eigenvalue weighted by Crippen LogP contribution is 2.34. The average Bonchev–Trinajstić information content (AvgIpc) is 3.06. The molecule has 1 heterocycles. The van der Waals surface area contributed by atoms with E-state index < -0.39 is 5.92 Å². The normalized spacial score (nSPS) is 16.4. The molecular weight excluding hydrogens is 344 g/mol. The van der Waals surface area contributed by atoms with Crippen LogP contribution in [0.3, 0.4) is 0 Å². The van der Waals surface area contributed by atoms with Gasteiger partial charge >= 0.3 is 0 Å². The van der Waals surface area contributed by atoms with Crippen LogP contribution in [0.4, 0.5) is 11.4 Å². The molecule has 2 aromatic carbocycles. The minimum atomic E-state index is -0.398. The Kier molecular flexibility index (Phi) is 5.35. The minimum absolute atomic E-state index is 0.0802. The average molecular weight is 368 g/mol. The second kappa shape index (κ2) is 7.70. The number of carbonyl (C=O) groups is 2. The second-order valence-corrected chi connectivity index (χ2v) is 6.75. The zero-order valence-electron chi connectivity index (χ0n) is 16.0. The van der Waals surface area contributed by atoms with Gasteiger partial charge in [0, 0.05) is 30.4 Å². The molecule has 2 aromatic rings. The van der Waals surface area contributed by atoms with Crippen molar-refractivity contribution >= 4 is 23.2 Å². The highest BCUT2D eigenvalue weighted by Gasteiger charge is 2.35. The Labute approximate surface area is 159 Å². The first-order valence-electron chi connectivity index (χ1n) is 8.83. The molecule has 6 heteroatoms. The Balaban J connectivity index is 1.75. The molecule has 1 atom stereocenters. The Morgan fingerprint density at radius 3 is 2.52 bits per heavy atom. The van der Waals surface area contributed by atoms with Crippen LogP contribution in [-0.4, -0.2) is 32.6 Å². The lowest BCUT2D eigenvalue weighted by Crippen LogP contribution is -2.28. The predicted octanol–water partition coefficient (Wildman–Crippen LogP) is 3.31. The van der Waals surface area contributed by atoms with Crippen molar-refractivity contribution in [3.63, 3.8) is 0 Å². The van der Waals surface area contributed by atoms with Crippen molar-refractivity contribution in [3.05, 3.63) is 47.5 Å². The SMILES string of the molecule is COc1ccc(N2CC(C(=O)Nc3cc(C)ccc3C)CC2=O)cc1OC. The zero-order chi connectivity index (χ0) is 19.6. The van der Waals surface area contributed by atoms with Gasteiger partial charge in [0.05, 0.1) is 20.1 Å². The minimum Gasteiger partial charge on any atom is -0.493 e. The first-order chi connectivity index (χ1) is 12.9. The topological polar surface area (TPSA) is 67.9 Å². The fourth-order valence-electron chi connectivity index (χ4n) is 3.23. The van der Waals surface area contributed by atoms with Gasteiger partial charge in [0.1, 0.15) is 0 Å². The maximum Gasteiger partial charge on any atom is 0.229 e. The molecule has 0 aromatic heterocycles. The van der Waals surface area contributed by atoms with Gasteiger partial charge in [-0.1, -0.05) is 12.1 Å². The number of nitrogens with one attached hydrogen (secondary N) is 1. The van der Waals surface area contributed by atoms with Crippen LogP contribution in [0.5, 0.6) is 11.5 Å². The third kappa shape index (κ3) is 3.89. The standard InChI is InChI=1S/C21H24N2O4/c1-13-5-6-14(2)17(9-13)22-21(25)15-10-20(24)23(12-15)16-7-8-18(26-3)19(11-16)27-4/h5-9,11,15H,10,12H2,1-4H3,(H,22,25). The Bertz CT molecular complexity index is 878. The van der Waals surface area contributed by atoms with Crippen LogP contribution >= 0.6 is 0 Å². The molecule has 2 amide bonds. The molecule has 3 rings (SSSR count). The van der Waals surface area contributed by atoms with E-state index in [1.165, 1.54) is 0 Å². The van der Waals surface area contributed by atoms with E-state index in [9.17, 15) is 9.59 Å². The molecule has 1 aliphatic rings. The predicted molar refractivity (Wildman–Crippen MR) is 105 cm³/mol. The summed E-state index contributed by atoms with van der Waals surface area (Å²) in [6.07, 6.45) is 0.186. The van der Waals surface area contributed by atoms with Gasteiger partial charge in [-0.3, -0.25) is 9.59 Å². The van der Waals surface area contributed by atoms with Gasteiger partial charge in [-0.25, -0.2) is 0 Å². The summed E-state index contributed by atoms with van der Waals surface area (Å²) in [4.78, 5) is 26.8. The summed E-state index contributed by atoms with van der Waals surface area (Å²) in [5, 5.41) is 2.96. The number of hydrogen-bond acceptors (Lipinski definition) is 4. The molecule has 1 fully saturated rings. The maximum atomic E-state index is 12.7. The summed E-state index contributed by atoms with van der Waals surface area (Å²) in [7, 11) is 3.11. The Hall–Kier alpha value is -3.02. The number of anilines is 2. The lowest BCUT2D eigenvalue weighted by molar-refractivity contribution is -0.122. The molecule has 0 saturated carbocycles. The number of aryl methyl sites for hydroxylation is 2. The van der Waals surface area contributed by atoms with Crippen LogP contribution < -0.4 is 19.7 Å². The van der Waals surface area contributed by atoms with Crippen molar-refractivity contribution in [2.24, 2.45) is 5.92 Å². The zero-order valence-corrected chi connectivity index (χ0v) is 16.0. The highest BCUT2D eigenvalue weighted by atomic mass is 16.5. The van der Waals surface area contributed by atoms with E-state index in [0.717, 1.165) is 16.8 Å². The molecule has 1 N–H and O–H groups in total. The number of amides is 2. The summed E-state index contributed by atoms with van der Waals surface area (Å²) in [5.41, 5.74) is 3.55. The summed E-state index contributed by atoms with van der Waals surface area (Å²) in [6, 6.07) is 11.2. The number of benzene rings is 2. The molecule has 0 spiro atoms. The van der Waals surface area contributed by atoms with Gasteiger partial charge in [-0.05, 0) is 43.2 Å². The van der Waals surface area contributed by atoms with E-state index in [1.54, 1.807) is 37.3 Å². The fraction of sp³-hybridized carbons (Fsp3) is 0.333. The summed E-state index contributed by atoms with van der Waals surface area (Å²) in [6.45, 7) is 4.27. The maximum absolute atomic E-state index is 12.7.